The van der Waals surface area contributed by atoms with Crippen LogP contribution >= 0.6 is 15.9 Å². The Labute approximate surface area is 179 Å². The van der Waals surface area contributed by atoms with Crippen LogP contribution in [0.2, 0.25) is 0 Å². The average Bonchev–Trinajstić information content (AvgIpc) is 2.75. The second-order valence-electron chi connectivity index (χ2n) is 6.09. The molecule has 3 rings (SSSR count). The molecule has 0 heterocycles. The number of carbonyl (C=O) groups is 2. The van der Waals surface area contributed by atoms with Gasteiger partial charge in [-0.3, -0.25) is 19.7 Å². The van der Waals surface area contributed by atoms with Crippen LogP contribution in [0.4, 0.5) is 11.4 Å². The molecule has 0 aliphatic rings. The zero-order valence-electron chi connectivity index (χ0n) is 15.4. The molecule has 0 saturated heterocycles. The quantitative estimate of drug-likeness (QED) is 0.318. The second kappa shape index (κ2) is 9.57. The maximum Gasteiger partial charge on any atom is 0.271 e. The number of nitrogens with zero attached hydrogens (tertiary/aromatic N) is 2. The van der Waals surface area contributed by atoms with Crippen LogP contribution in [0, 0.1) is 10.1 Å². The van der Waals surface area contributed by atoms with E-state index in [2.05, 4.69) is 31.8 Å². The Kier molecular flexibility index (Phi) is 6.66. The summed E-state index contributed by atoms with van der Waals surface area (Å²) >= 11 is 3.32. The number of amides is 2. The van der Waals surface area contributed by atoms with Crippen LogP contribution in [0.15, 0.2) is 82.4 Å². The van der Waals surface area contributed by atoms with Crippen molar-refractivity contribution in [3.8, 4) is 0 Å². The first-order valence-electron chi connectivity index (χ1n) is 8.67. The van der Waals surface area contributed by atoms with E-state index in [0.717, 1.165) is 4.47 Å². The summed E-state index contributed by atoms with van der Waals surface area (Å²) in [5, 5.41) is 17.3. The van der Waals surface area contributed by atoms with Crippen molar-refractivity contribution in [2.45, 2.75) is 0 Å². The largest absolute Gasteiger partial charge is 0.322 e. The van der Waals surface area contributed by atoms with Gasteiger partial charge in [0.25, 0.3) is 17.5 Å². The molecule has 2 N–H and O–H groups in total. The van der Waals surface area contributed by atoms with E-state index in [1.807, 2.05) is 0 Å². The van der Waals surface area contributed by atoms with Gasteiger partial charge in [-0.1, -0.05) is 28.1 Å². The monoisotopic (exact) mass is 466 g/mol. The summed E-state index contributed by atoms with van der Waals surface area (Å²) in [5.41, 5.74) is 4.17. The Hall–Kier alpha value is -3.85. The molecular formula is C21H15BrN4O4. The standard InChI is InChI=1S/C21H15BrN4O4/c22-17-8-4-15(5-9-17)20(27)24-18-10-6-16(7-11-18)21(28)25-23-13-14-2-1-3-19(12-14)26(29)30/h1-13H,(H,24,27)(H,25,28)/b23-13+. The minimum Gasteiger partial charge on any atom is -0.322 e. The van der Waals surface area contributed by atoms with E-state index in [1.54, 1.807) is 54.6 Å². The number of nitro groups is 1. The summed E-state index contributed by atoms with van der Waals surface area (Å²) in [6, 6.07) is 19.1. The van der Waals surface area contributed by atoms with Crippen molar-refractivity contribution >= 4 is 45.3 Å². The molecule has 0 aliphatic heterocycles. The first kappa shape index (κ1) is 20.9. The van der Waals surface area contributed by atoms with Gasteiger partial charge in [-0.25, -0.2) is 5.43 Å². The van der Waals surface area contributed by atoms with Crippen LogP contribution in [0.3, 0.4) is 0 Å². The topological polar surface area (TPSA) is 114 Å². The van der Waals surface area contributed by atoms with Crippen molar-refractivity contribution < 1.29 is 14.5 Å². The molecule has 3 aromatic carbocycles. The molecule has 0 fully saturated rings. The lowest BCUT2D eigenvalue weighted by Crippen LogP contribution is -2.17. The van der Waals surface area contributed by atoms with Crippen molar-refractivity contribution in [1.82, 2.24) is 5.43 Å². The van der Waals surface area contributed by atoms with E-state index in [0.29, 0.717) is 22.4 Å². The molecule has 0 atom stereocenters. The van der Waals surface area contributed by atoms with Gasteiger partial charge >= 0.3 is 0 Å². The molecule has 0 bridgehead atoms. The number of hydrogen-bond acceptors (Lipinski definition) is 5. The van der Waals surface area contributed by atoms with E-state index >= 15 is 0 Å². The van der Waals surface area contributed by atoms with Gasteiger partial charge in [0.2, 0.25) is 0 Å². The van der Waals surface area contributed by atoms with Gasteiger partial charge in [-0.05, 0) is 48.5 Å². The molecule has 9 heteroatoms. The van der Waals surface area contributed by atoms with Crippen LogP contribution in [0.1, 0.15) is 26.3 Å². The number of hydrogen-bond donors (Lipinski definition) is 2. The number of nitrogens with one attached hydrogen (secondary N) is 2. The van der Waals surface area contributed by atoms with Crippen molar-refractivity contribution in [2.24, 2.45) is 5.10 Å². The molecule has 8 nitrogen and oxygen atoms in total. The Morgan fingerprint density at radius 3 is 2.23 bits per heavy atom. The summed E-state index contributed by atoms with van der Waals surface area (Å²) in [4.78, 5) is 34.7. The Balaban J connectivity index is 1.58. The summed E-state index contributed by atoms with van der Waals surface area (Å²) in [6.07, 6.45) is 1.32. The van der Waals surface area contributed by atoms with Gasteiger partial charge in [0, 0.05) is 39.0 Å². The summed E-state index contributed by atoms with van der Waals surface area (Å²) in [6.45, 7) is 0. The molecule has 0 aliphatic carbocycles. The normalized spacial score (nSPS) is 10.6. The number of benzene rings is 3. The predicted octanol–water partition coefficient (Wildman–Crippen LogP) is 4.37. The third-order valence-electron chi connectivity index (χ3n) is 3.97. The molecule has 0 unspecified atom stereocenters. The van der Waals surface area contributed by atoms with E-state index in [9.17, 15) is 19.7 Å². The Morgan fingerprint density at radius 2 is 1.57 bits per heavy atom. The van der Waals surface area contributed by atoms with Crippen LogP contribution in [0.25, 0.3) is 0 Å². The highest BCUT2D eigenvalue weighted by Crippen LogP contribution is 2.14. The molecule has 0 radical (unpaired) electrons. The summed E-state index contributed by atoms with van der Waals surface area (Å²) < 4.78 is 0.877. The SMILES string of the molecule is O=C(N/N=C/c1cccc([N+](=O)[O-])c1)c1ccc(NC(=O)c2ccc(Br)cc2)cc1. The van der Waals surface area contributed by atoms with Gasteiger partial charge in [0.05, 0.1) is 11.1 Å². The highest BCUT2D eigenvalue weighted by atomic mass is 79.9. The maximum atomic E-state index is 12.2. The summed E-state index contributed by atoms with van der Waals surface area (Å²) in [7, 11) is 0. The van der Waals surface area contributed by atoms with E-state index < -0.39 is 10.8 Å². The number of carbonyl (C=O) groups excluding carboxylic acids is 2. The van der Waals surface area contributed by atoms with Gasteiger partial charge in [0.1, 0.15) is 0 Å². The smallest absolute Gasteiger partial charge is 0.271 e. The third-order valence-corrected chi connectivity index (χ3v) is 4.50. The maximum absolute atomic E-state index is 12.2. The average molecular weight is 467 g/mol. The van der Waals surface area contributed by atoms with E-state index in [-0.39, 0.29) is 11.6 Å². The zero-order valence-corrected chi connectivity index (χ0v) is 17.0. The van der Waals surface area contributed by atoms with Crippen LogP contribution in [-0.4, -0.2) is 23.0 Å². The molecule has 2 amide bonds. The fourth-order valence-corrected chi connectivity index (χ4v) is 2.72. The molecule has 150 valence electrons. The lowest BCUT2D eigenvalue weighted by Gasteiger charge is -2.06. The molecule has 0 spiro atoms. The minimum atomic E-state index is -0.507. The highest BCUT2D eigenvalue weighted by molar-refractivity contribution is 9.10. The third kappa shape index (κ3) is 5.58. The van der Waals surface area contributed by atoms with Crippen molar-refractivity contribution in [2.75, 3.05) is 5.32 Å². The number of non-ortho nitro benzene ring substituents is 1. The fourth-order valence-electron chi connectivity index (χ4n) is 2.46. The van der Waals surface area contributed by atoms with Crippen molar-refractivity contribution in [3.05, 3.63) is 104 Å². The van der Waals surface area contributed by atoms with Gasteiger partial charge in [0.15, 0.2) is 0 Å². The number of halogens is 1. The van der Waals surface area contributed by atoms with Crippen LogP contribution < -0.4 is 10.7 Å². The van der Waals surface area contributed by atoms with Crippen molar-refractivity contribution in [1.29, 1.82) is 0 Å². The lowest BCUT2D eigenvalue weighted by molar-refractivity contribution is -0.384. The van der Waals surface area contributed by atoms with E-state index in [4.69, 9.17) is 0 Å². The van der Waals surface area contributed by atoms with Gasteiger partial charge in [-0.15, -0.1) is 0 Å². The molecular weight excluding hydrogens is 452 g/mol. The Morgan fingerprint density at radius 1 is 0.933 bits per heavy atom. The highest BCUT2D eigenvalue weighted by Gasteiger charge is 2.08. The number of hydrazone groups is 1. The Bertz CT molecular complexity index is 1110. The minimum absolute atomic E-state index is 0.0638. The number of rotatable bonds is 6. The number of nitro benzene ring substituents is 1. The molecule has 0 aromatic heterocycles. The molecule has 30 heavy (non-hydrogen) atoms. The molecule has 0 saturated carbocycles. The predicted molar refractivity (Wildman–Crippen MR) is 117 cm³/mol. The number of anilines is 1. The van der Waals surface area contributed by atoms with Crippen molar-refractivity contribution in [3.63, 3.8) is 0 Å². The summed E-state index contributed by atoms with van der Waals surface area (Å²) in [5.74, 6) is -0.719. The fraction of sp³-hybridized carbons (Fsp3) is 0. The van der Waals surface area contributed by atoms with Crippen LogP contribution in [-0.2, 0) is 0 Å². The first-order valence-corrected chi connectivity index (χ1v) is 9.46. The van der Waals surface area contributed by atoms with E-state index in [1.165, 1.54) is 24.4 Å². The lowest BCUT2D eigenvalue weighted by atomic mass is 10.1. The molecule has 3 aromatic rings. The zero-order chi connectivity index (χ0) is 21.5. The first-order chi connectivity index (χ1) is 14.4. The second-order valence-corrected chi connectivity index (χ2v) is 7.01. The van der Waals surface area contributed by atoms with Crippen LogP contribution in [0.5, 0.6) is 0 Å². The van der Waals surface area contributed by atoms with Gasteiger partial charge < -0.3 is 5.32 Å². The van der Waals surface area contributed by atoms with Gasteiger partial charge in [-0.2, -0.15) is 5.10 Å².